The molecule has 5 heteroatoms. The van der Waals surface area contributed by atoms with Gasteiger partial charge in [0.15, 0.2) is 0 Å². The molecule has 0 aliphatic rings. The molecule has 0 spiro atoms. The summed E-state index contributed by atoms with van der Waals surface area (Å²) in [5, 5.41) is 13.6. The van der Waals surface area contributed by atoms with E-state index in [1.807, 2.05) is 81.4 Å². The fraction of sp³-hybridized carbons (Fsp3) is 0.160. The smallest absolute Gasteiger partial charge is 0.316 e. The van der Waals surface area contributed by atoms with Crippen LogP contribution in [0.5, 0.6) is 11.5 Å². The van der Waals surface area contributed by atoms with Crippen LogP contribution in [0, 0.1) is 5.41 Å². The molecule has 0 radical (unpaired) electrons. The van der Waals surface area contributed by atoms with Crippen molar-refractivity contribution >= 4 is 59.4 Å². The van der Waals surface area contributed by atoms with E-state index in [-0.39, 0.29) is 5.97 Å². The number of hydrogen-bond acceptors (Lipinski definition) is 3. The van der Waals surface area contributed by atoms with E-state index >= 15 is 0 Å². The van der Waals surface area contributed by atoms with E-state index in [4.69, 9.17) is 4.74 Å². The lowest BCUT2D eigenvalue weighted by atomic mass is 9.97. The molecule has 0 saturated heterocycles. The van der Waals surface area contributed by atoms with Gasteiger partial charge in [-0.15, -0.1) is 0 Å². The van der Waals surface area contributed by atoms with Crippen molar-refractivity contribution < 1.29 is 14.6 Å². The van der Waals surface area contributed by atoms with Crippen molar-refractivity contribution in [3.63, 3.8) is 0 Å². The van der Waals surface area contributed by atoms with Crippen LogP contribution < -0.4 is 4.74 Å². The molecule has 0 bridgehead atoms. The summed E-state index contributed by atoms with van der Waals surface area (Å²) in [5.41, 5.74) is -0.502. The monoisotopic (exact) mass is 528 g/mol. The van der Waals surface area contributed by atoms with Gasteiger partial charge in [0, 0.05) is 8.95 Å². The van der Waals surface area contributed by atoms with Gasteiger partial charge in [0.25, 0.3) is 0 Å². The fourth-order valence-electron chi connectivity index (χ4n) is 2.81. The molecule has 0 unspecified atom stereocenters. The Morgan fingerprint density at radius 3 is 1.87 bits per heavy atom. The molecule has 0 fully saturated rings. The Labute approximate surface area is 192 Å². The minimum atomic E-state index is -0.502. The number of phenolic OH excluding ortho intramolecular Hbond substituents is 1. The largest absolute Gasteiger partial charge is 0.508 e. The molecule has 3 nitrogen and oxygen atoms in total. The Morgan fingerprint density at radius 2 is 1.30 bits per heavy atom. The zero-order chi connectivity index (χ0) is 21.9. The fourth-order valence-corrected chi connectivity index (χ4v) is 3.99. The molecule has 0 aliphatic heterocycles. The van der Waals surface area contributed by atoms with Gasteiger partial charge in [-0.3, -0.25) is 4.79 Å². The number of carbonyl (C=O) groups is 1. The number of halogens is 2. The third-order valence-corrected chi connectivity index (χ3v) is 5.72. The molecule has 4 aromatic carbocycles. The molecule has 0 amide bonds. The summed E-state index contributed by atoms with van der Waals surface area (Å²) >= 11 is 6.88. The number of phenols is 1. The highest BCUT2D eigenvalue weighted by Crippen LogP contribution is 2.31. The van der Waals surface area contributed by atoms with Crippen molar-refractivity contribution in [3.8, 4) is 11.5 Å². The maximum Gasteiger partial charge on any atom is 0.316 e. The number of ether oxygens (including phenoxy) is 1. The number of aromatic hydroxyl groups is 1. The molecular weight excluding hydrogens is 508 g/mol. The minimum Gasteiger partial charge on any atom is -0.508 e. The van der Waals surface area contributed by atoms with Crippen LogP contribution in [0.4, 0.5) is 0 Å². The van der Waals surface area contributed by atoms with Crippen molar-refractivity contribution in [2.75, 3.05) is 0 Å². The zero-order valence-corrected chi connectivity index (χ0v) is 20.1. The lowest BCUT2D eigenvalue weighted by molar-refractivity contribution is -0.142. The lowest BCUT2D eigenvalue weighted by Crippen LogP contribution is -2.25. The highest BCUT2D eigenvalue weighted by Gasteiger charge is 2.23. The maximum atomic E-state index is 11.8. The van der Waals surface area contributed by atoms with Crippen LogP contribution in [0.2, 0.25) is 0 Å². The molecule has 0 atom stereocenters. The predicted molar refractivity (Wildman–Crippen MR) is 130 cm³/mol. The quantitative estimate of drug-likeness (QED) is 0.201. The molecule has 4 aromatic rings. The second-order valence-electron chi connectivity index (χ2n) is 7.91. The van der Waals surface area contributed by atoms with Crippen LogP contribution >= 0.6 is 31.9 Å². The van der Waals surface area contributed by atoms with Crippen LogP contribution in [0.15, 0.2) is 81.7 Å². The second kappa shape index (κ2) is 9.19. The zero-order valence-electron chi connectivity index (χ0n) is 16.9. The van der Waals surface area contributed by atoms with Gasteiger partial charge in [-0.25, -0.2) is 0 Å². The van der Waals surface area contributed by atoms with Crippen molar-refractivity contribution in [2.45, 2.75) is 20.8 Å². The normalized spacial score (nSPS) is 11.1. The lowest BCUT2D eigenvalue weighted by Gasteiger charge is -2.16. The van der Waals surface area contributed by atoms with Crippen LogP contribution in [-0.2, 0) is 4.79 Å². The van der Waals surface area contributed by atoms with E-state index < -0.39 is 5.41 Å². The van der Waals surface area contributed by atoms with Crippen molar-refractivity contribution in [2.24, 2.45) is 5.41 Å². The summed E-state index contributed by atoms with van der Waals surface area (Å²) in [6.45, 7) is 5.52. The average Bonchev–Trinajstić information content (AvgIpc) is 2.68. The summed E-state index contributed by atoms with van der Waals surface area (Å²) in [6.07, 6.45) is 0. The van der Waals surface area contributed by atoms with Gasteiger partial charge in [-0.05, 0) is 66.6 Å². The van der Waals surface area contributed by atoms with Gasteiger partial charge in [0.1, 0.15) is 11.5 Å². The van der Waals surface area contributed by atoms with Gasteiger partial charge >= 0.3 is 5.97 Å². The van der Waals surface area contributed by atoms with Crippen molar-refractivity contribution in [3.05, 3.63) is 81.7 Å². The van der Waals surface area contributed by atoms with E-state index in [1.165, 1.54) is 0 Å². The van der Waals surface area contributed by atoms with E-state index in [0.717, 1.165) is 30.5 Å². The number of hydrogen-bond donors (Lipinski definition) is 1. The number of rotatable bonds is 1. The number of fused-ring (bicyclic) bond motifs is 2. The molecule has 0 saturated carbocycles. The Kier molecular flexibility index (Phi) is 6.84. The predicted octanol–water partition coefficient (Wildman–Crippen LogP) is 7.86. The van der Waals surface area contributed by atoms with Crippen molar-refractivity contribution in [1.29, 1.82) is 0 Å². The first-order valence-corrected chi connectivity index (χ1v) is 11.0. The second-order valence-corrected chi connectivity index (χ2v) is 9.62. The molecular formula is C25H22Br2O3. The standard InChI is InChI=1S/C15H15BrO2.C10H7BrO/c1-15(2,3)14(17)18-11-8-10-6-4-5-7-12(10)13(16)9-11;11-10-6-8(12)5-7-3-1-2-4-9(7)10/h4-9H,1-3H3;1-6,12H. The molecule has 30 heavy (non-hydrogen) atoms. The average molecular weight is 530 g/mol. The summed E-state index contributed by atoms with van der Waals surface area (Å²) in [7, 11) is 0. The molecule has 154 valence electrons. The summed E-state index contributed by atoms with van der Waals surface area (Å²) in [5.74, 6) is 0.630. The van der Waals surface area contributed by atoms with E-state index in [1.54, 1.807) is 12.1 Å². The van der Waals surface area contributed by atoms with Gasteiger partial charge in [0.05, 0.1) is 5.41 Å². The first kappa shape index (κ1) is 22.3. The van der Waals surface area contributed by atoms with Crippen LogP contribution in [0.3, 0.4) is 0 Å². The topological polar surface area (TPSA) is 46.5 Å². The maximum absolute atomic E-state index is 11.8. The van der Waals surface area contributed by atoms with Crippen LogP contribution in [-0.4, -0.2) is 11.1 Å². The summed E-state index contributed by atoms with van der Waals surface area (Å²) < 4.78 is 7.26. The van der Waals surface area contributed by atoms with Crippen LogP contribution in [0.1, 0.15) is 20.8 Å². The van der Waals surface area contributed by atoms with Gasteiger partial charge < -0.3 is 9.84 Å². The van der Waals surface area contributed by atoms with Gasteiger partial charge in [-0.1, -0.05) is 80.4 Å². The first-order valence-electron chi connectivity index (χ1n) is 9.43. The third-order valence-electron chi connectivity index (χ3n) is 4.40. The van der Waals surface area contributed by atoms with E-state index in [9.17, 15) is 9.90 Å². The Bertz CT molecular complexity index is 1210. The highest BCUT2D eigenvalue weighted by molar-refractivity contribution is 9.11. The molecule has 0 aromatic heterocycles. The Morgan fingerprint density at radius 1 is 0.800 bits per heavy atom. The highest BCUT2D eigenvalue weighted by atomic mass is 79.9. The first-order chi connectivity index (χ1) is 14.1. The molecule has 0 aliphatic carbocycles. The summed E-state index contributed by atoms with van der Waals surface area (Å²) in [6, 6.07) is 23.0. The molecule has 4 rings (SSSR count). The molecule has 1 N–H and O–H groups in total. The summed E-state index contributed by atoms with van der Waals surface area (Å²) in [4.78, 5) is 11.8. The van der Waals surface area contributed by atoms with E-state index in [2.05, 4.69) is 31.9 Å². The van der Waals surface area contributed by atoms with E-state index in [0.29, 0.717) is 11.5 Å². The van der Waals surface area contributed by atoms with Gasteiger partial charge in [0.2, 0.25) is 0 Å². The van der Waals surface area contributed by atoms with Crippen molar-refractivity contribution in [1.82, 2.24) is 0 Å². The SMILES string of the molecule is CC(C)(C)C(=O)Oc1cc(Br)c2ccccc2c1.Oc1cc(Br)c2ccccc2c1. The Hall–Kier alpha value is -2.37. The van der Waals surface area contributed by atoms with Crippen LogP contribution in [0.25, 0.3) is 21.5 Å². The minimum absolute atomic E-state index is 0.232. The Balaban J connectivity index is 0.000000184. The number of carbonyl (C=O) groups excluding carboxylic acids is 1. The number of benzene rings is 4. The van der Waals surface area contributed by atoms with Gasteiger partial charge in [-0.2, -0.15) is 0 Å². The molecule has 0 heterocycles. The third kappa shape index (κ3) is 5.41. The number of esters is 1.